The minimum atomic E-state index is -4.28. The highest BCUT2D eigenvalue weighted by Gasteiger charge is 2.20. The van der Waals surface area contributed by atoms with Crippen LogP contribution in [0.3, 0.4) is 0 Å². The van der Waals surface area contributed by atoms with Gasteiger partial charge in [-0.15, -0.1) is 10.2 Å². The summed E-state index contributed by atoms with van der Waals surface area (Å²) >= 11 is 6.01. The zero-order chi connectivity index (χ0) is 26.5. The van der Waals surface area contributed by atoms with Gasteiger partial charge in [0, 0.05) is 6.07 Å². The fourth-order valence-electron chi connectivity index (χ4n) is 2.85. The molecular formula is C23H19ClN4O7S. The molecule has 0 bridgehead atoms. The number of carboxylic acid groups (broad SMARTS) is 1. The van der Waals surface area contributed by atoms with Gasteiger partial charge >= 0.3 is 5.97 Å². The van der Waals surface area contributed by atoms with E-state index in [4.69, 9.17) is 11.6 Å². The van der Waals surface area contributed by atoms with E-state index in [9.17, 15) is 33.3 Å². The Balaban J connectivity index is 1.83. The number of rotatable bonds is 8. The predicted molar refractivity (Wildman–Crippen MR) is 132 cm³/mol. The Morgan fingerprint density at radius 1 is 0.944 bits per heavy atom. The lowest BCUT2D eigenvalue weighted by atomic mass is 10.2. The molecule has 0 radical (unpaired) electrons. The standard InChI is InChI=1S/C23H19ClN4O7S/c1-13(29)21(22(31)25-18-9-5-3-7-16(18)24)27-26-19-11-10-14(12-20(19)30)36(34,35)28-17-8-4-2-6-15(17)23(32)33/h2-12,28-30H,1H3,(H,25,31)(H,32,33). The third kappa shape index (κ3) is 6.17. The van der Waals surface area contributed by atoms with E-state index in [2.05, 4.69) is 20.3 Å². The van der Waals surface area contributed by atoms with Gasteiger partial charge in [0.2, 0.25) is 0 Å². The number of phenols is 1. The van der Waals surface area contributed by atoms with Gasteiger partial charge in [0.25, 0.3) is 15.9 Å². The number of azo groups is 1. The summed E-state index contributed by atoms with van der Waals surface area (Å²) in [5.41, 5.74) is -0.829. The second-order valence-electron chi connectivity index (χ2n) is 7.17. The van der Waals surface area contributed by atoms with Gasteiger partial charge in [-0.05, 0) is 43.3 Å². The highest BCUT2D eigenvalue weighted by atomic mass is 35.5. The number of anilines is 2. The first kappa shape index (κ1) is 26.2. The van der Waals surface area contributed by atoms with Gasteiger partial charge in [-0.1, -0.05) is 35.9 Å². The molecule has 5 N–H and O–H groups in total. The van der Waals surface area contributed by atoms with Crippen LogP contribution in [0.2, 0.25) is 5.02 Å². The molecule has 11 nitrogen and oxygen atoms in total. The number of aromatic carboxylic acids is 1. The van der Waals surface area contributed by atoms with Gasteiger partial charge in [-0.25, -0.2) is 13.2 Å². The lowest BCUT2D eigenvalue weighted by Crippen LogP contribution is -2.15. The highest BCUT2D eigenvalue weighted by molar-refractivity contribution is 7.92. The average Bonchev–Trinajstić information content (AvgIpc) is 2.81. The monoisotopic (exact) mass is 530 g/mol. The number of nitrogens with zero attached hydrogens (tertiary/aromatic N) is 2. The molecule has 0 atom stereocenters. The van der Waals surface area contributed by atoms with Crippen molar-refractivity contribution < 1.29 is 33.3 Å². The molecule has 0 saturated heterocycles. The van der Waals surface area contributed by atoms with Crippen LogP contribution in [-0.2, 0) is 14.8 Å². The van der Waals surface area contributed by atoms with Crippen LogP contribution < -0.4 is 10.0 Å². The molecule has 3 aromatic carbocycles. The number of hydrogen-bond donors (Lipinski definition) is 5. The lowest BCUT2D eigenvalue weighted by Gasteiger charge is -2.11. The van der Waals surface area contributed by atoms with E-state index >= 15 is 0 Å². The molecule has 3 rings (SSSR count). The summed E-state index contributed by atoms with van der Waals surface area (Å²) in [6.07, 6.45) is 0. The van der Waals surface area contributed by atoms with Gasteiger partial charge < -0.3 is 20.6 Å². The van der Waals surface area contributed by atoms with Crippen molar-refractivity contribution in [2.75, 3.05) is 10.0 Å². The largest absolute Gasteiger partial charge is 0.510 e. The fraction of sp³-hybridized carbons (Fsp3) is 0.0435. The number of aromatic hydroxyl groups is 1. The van der Waals surface area contributed by atoms with Gasteiger partial charge in [0.15, 0.2) is 5.70 Å². The van der Waals surface area contributed by atoms with Crippen LogP contribution in [0.1, 0.15) is 17.3 Å². The third-order valence-corrected chi connectivity index (χ3v) is 6.29. The molecular weight excluding hydrogens is 512 g/mol. The van der Waals surface area contributed by atoms with Gasteiger partial charge in [-0.3, -0.25) is 9.52 Å². The summed E-state index contributed by atoms with van der Waals surface area (Å²) in [5.74, 6) is -3.22. The van der Waals surface area contributed by atoms with Crippen LogP contribution in [-0.4, -0.2) is 35.6 Å². The quantitative estimate of drug-likeness (QED) is 0.153. The molecule has 0 aliphatic rings. The molecule has 186 valence electrons. The summed E-state index contributed by atoms with van der Waals surface area (Å²) in [4.78, 5) is 23.5. The molecule has 0 aliphatic heterocycles. The number of para-hydroxylation sites is 2. The number of carbonyl (C=O) groups excluding carboxylic acids is 1. The van der Waals surface area contributed by atoms with E-state index in [1.165, 1.54) is 37.3 Å². The van der Waals surface area contributed by atoms with Crippen LogP contribution in [0.5, 0.6) is 5.75 Å². The fourth-order valence-corrected chi connectivity index (χ4v) is 4.13. The first-order valence-corrected chi connectivity index (χ1v) is 11.9. The van der Waals surface area contributed by atoms with E-state index in [-0.39, 0.29) is 32.5 Å². The zero-order valence-corrected chi connectivity index (χ0v) is 20.1. The van der Waals surface area contributed by atoms with Crippen molar-refractivity contribution in [3.05, 3.63) is 88.8 Å². The Hall–Kier alpha value is -4.42. The Labute approximate surface area is 210 Å². The number of benzene rings is 3. The van der Waals surface area contributed by atoms with Crippen molar-refractivity contribution >= 4 is 50.6 Å². The number of aliphatic hydroxyl groups is 1. The highest BCUT2D eigenvalue weighted by Crippen LogP contribution is 2.31. The van der Waals surface area contributed by atoms with Crippen LogP contribution in [0, 0.1) is 0 Å². The summed E-state index contributed by atoms with van der Waals surface area (Å²) in [5, 5.41) is 39.5. The first-order valence-electron chi connectivity index (χ1n) is 10.0. The number of halogens is 1. The maximum atomic E-state index is 12.7. The number of amides is 1. The SMILES string of the molecule is CC(O)=C(N=Nc1ccc(S(=O)(=O)Nc2ccccc2C(=O)O)cc1O)C(=O)Nc1ccccc1Cl. The maximum absolute atomic E-state index is 12.7. The van der Waals surface area contributed by atoms with E-state index in [0.29, 0.717) is 0 Å². The molecule has 3 aromatic rings. The number of allylic oxidation sites excluding steroid dienone is 1. The number of nitrogens with one attached hydrogen (secondary N) is 2. The van der Waals surface area contributed by atoms with E-state index in [1.54, 1.807) is 18.2 Å². The number of aliphatic hydroxyl groups excluding tert-OH is 1. The summed E-state index contributed by atoms with van der Waals surface area (Å²) in [6.45, 7) is 1.21. The summed E-state index contributed by atoms with van der Waals surface area (Å²) in [6, 6.07) is 14.9. The van der Waals surface area contributed by atoms with E-state index in [1.807, 2.05) is 0 Å². The summed E-state index contributed by atoms with van der Waals surface area (Å²) < 4.78 is 27.6. The number of phenolic OH excluding ortho intramolecular Hbond substituents is 1. The van der Waals surface area contributed by atoms with Crippen molar-refractivity contribution in [3.63, 3.8) is 0 Å². The molecule has 0 aromatic heterocycles. The van der Waals surface area contributed by atoms with Gasteiger partial charge in [-0.2, -0.15) is 0 Å². The smallest absolute Gasteiger partial charge is 0.337 e. The van der Waals surface area contributed by atoms with Crippen LogP contribution in [0.4, 0.5) is 17.1 Å². The second-order valence-corrected chi connectivity index (χ2v) is 9.26. The number of carboxylic acids is 1. The Kier molecular flexibility index (Phi) is 7.92. The third-order valence-electron chi connectivity index (χ3n) is 4.60. The van der Waals surface area contributed by atoms with Crippen molar-refractivity contribution in [2.45, 2.75) is 11.8 Å². The molecule has 0 heterocycles. The molecule has 0 aliphatic carbocycles. The Bertz CT molecular complexity index is 1500. The molecule has 0 saturated carbocycles. The van der Waals surface area contributed by atoms with Crippen molar-refractivity contribution in [2.24, 2.45) is 10.2 Å². The minimum Gasteiger partial charge on any atom is -0.510 e. The molecule has 13 heteroatoms. The average molecular weight is 531 g/mol. The van der Waals surface area contributed by atoms with E-state index < -0.39 is 39.1 Å². The number of sulfonamides is 1. The minimum absolute atomic E-state index is 0.161. The zero-order valence-electron chi connectivity index (χ0n) is 18.5. The second kappa shape index (κ2) is 10.9. The predicted octanol–water partition coefficient (Wildman–Crippen LogP) is 5.06. The normalized spacial score (nSPS) is 12.2. The molecule has 36 heavy (non-hydrogen) atoms. The molecule has 0 fully saturated rings. The van der Waals surface area contributed by atoms with Crippen LogP contribution in [0.15, 0.2) is 93.3 Å². The van der Waals surface area contributed by atoms with Crippen LogP contribution >= 0.6 is 11.6 Å². The summed E-state index contributed by atoms with van der Waals surface area (Å²) in [7, 11) is -4.28. The van der Waals surface area contributed by atoms with Crippen molar-refractivity contribution in [3.8, 4) is 5.75 Å². The Morgan fingerprint density at radius 3 is 2.19 bits per heavy atom. The van der Waals surface area contributed by atoms with Gasteiger partial charge in [0.05, 0.1) is 26.9 Å². The Morgan fingerprint density at radius 2 is 1.58 bits per heavy atom. The van der Waals surface area contributed by atoms with Gasteiger partial charge in [0.1, 0.15) is 17.2 Å². The molecule has 0 spiro atoms. The van der Waals surface area contributed by atoms with Crippen molar-refractivity contribution in [1.82, 2.24) is 0 Å². The molecule has 0 unspecified atom stereocenters. The lowest BCUT2D eigenvalue weighted by molar-refractivity contribution is -0.113. The van der Waals surface area contributed by atoms with E-state index in [0.717, 1.165) is 18.2 Å². The maximum Gasteiger partial charge on any atom is 0.337 e. The topological polar surface area (TPSA) is 178 Å². The number of carbonyl (C=O) groups is 2. The first-order chi connectivity index (χ1) is 17.0. The molecule has 1 amide bonds. The van der Waals surface area contributed by atoms with Crippen molar-refractivity contribution in [1.29, 1.82) is 0 Å². The number of hydrogen-bond acceptors (Lipinski definition) is 8. The van der Waals surface area contributed by atoms with Crippen LogP contribution in [0.25, 0.3) is 0 Å².